The van der Waals surface area contributed by atoms with Gasteiger partial charge >= 0.3 is 11.9 Å². The Bertz CT molecular complexity index is 842. The number of carboxylic acid groups (broad SMARTS) is 2. The van der Waals surface area contributed by atoms with Crippen LogP contribution < -0.4 is 0 Å². The van der Waals surface area contributed by atoms with E-state index in [1.807, 2.05) is 0 Å². The van der Waals surface area contributed by atoms with E-state index in [1.165, 1.54) is 6.07 Å². The predicted molar refractivity (Wildman–Crippen MR) is 78.6 cm³/mol. The second kappa shape index (κ2) is 5.98. The zero-order valence-corrected chi connectivity index (χ0v) is 12.0. The summed E-state index contributed by atoms with van der Waals surface area (Å²) in [5.41, 5.74) is -2.05. The van der Waals surface area contributed by atoms with E-state index in [4.69, 9.17) is 16.7 Å². The number of aromatic carboxylic acids is 2. The largest absolute Gasteiger partial charge is 0.507 e. The number of carbonyl (C=O) groups excluding carboxylic acids is 1. The second-order valence-electron chi connectivity index (χ2n) is 4.49. The molecular weight excluding hydrogens is 328 g/mol. The molecule has 2 aromatic rings. The van der Waals surface area contributed by atoms with E-state index in [-0.39, 0.29) is 10.6 Å². The summed E-state index contributed by atoms with van der Waals surface area (Å²) in [7, 11) is 0. The van der Waals surface area contributed by atoms with Crippen molar-refractivity contribution in [3.05, 3.63) is 57.6 Å². The molecule has 0 saturated heterocycles. The number of rotatable bonds is 4. The summed E-state index contributed by atoms with van der Waals surface area (Å²) >= 11 is 5.68. The quantitative estimate of drug-likeness (QED) is 0.630. The molecule has 0 heterocycles. The molecule has 23 heavy (non-hydrogen) atoms. The van der Waals surface area contributed by atoms with E-state index in [2.05, 4.69) is 0 Å². The van der Waals surface area contributed by atoms with Gasteiger partial charge in [0.2, 0.25) is 0 Å². The van der Waals surface area contributed by atoms with Crippen LogP contribution in [0.2, 0.25) is 5.02 Å². The molecule has 0 unspecified atom stereocenters. The van der Waals surface area contributed by atoms with Gasteiger partial charge in [-0.3, -0.25) is 4.79 Å². The maximum absolute atomic E-state index is 12.5. The Hall–Kier alpha value is -3.06. The van der Waals surface area contributed by atoms with Crippen LogP contribution in [0.3, 0.4) is 0 Å². The van der Waals surface area contributed by atoms with Gasteiger partial charge in [0.05, 0.1) is 21.7 Å². The number of phenols is 2. The molecule has 7 nitrogen and oxygen atoms in total. The molecule has 8 heteroatoms. The number of benzene rings is 2. The van der Waals surface area contributed by atoms with Crippen LogP contribution in [0.5, 0.6) is 11.5 Å². The summed E-state index contributed by atoms with van der Waals surface area (Å²) in [5, 5.41) is 37.2. The van der Waals surface area contributed by atoms with Gasteiger partial charge in [0, 0.05) is 11.6 Å². The second-order valence-corrected chi connectivity index (χ2v) is 4.90. The number of carboxylic acids is 2. The van der Waals surface area contributed by atoms with Gasteiger partial charge < -0.3 is 20.4 Å². The van der Waals surface area contributed by atoms with Crippen molar-refractivity contribution in [3.63, 3.8) is 0 Å². The number of halogens is 1. The van der Waals surface area contributed by atoms with Crippen LogP contribution in [-0.2, 0) is 0 Å². The van der Waals surface area contributed by atoms with E-state index >= 15 is 0 Å². The maximum atomic E-state index is 12.5. The highest BCUT2D eigenvalue weighted by Gasteiger charge is 2.26. The van der Waals surface area contributed by atoms with E-state index in [0.29, 0.717) is 0 Å². The van der Waals surface area contributed by atoms with Gasteiger partial charge in [-0.05, 0) is 12.1 Å². The van der Waals surface area contributed by atoms with Crippen LogP contribution in [0.15, 0.2) is 30.3 Å². The minimum Gasteiger partial charge on any atom is -0.507 e. The SMILES string of the molecule is O=C(O)c1cccc(C(=O)c2cc(Cl)c(O)cc2O)c1C(=O)O. The van der Waals surface area contributed by atoms with Crippen molar-refractivity contribution in [1.29, 1.82) is 0 Å². The van der Waals surface area contributed by atoms with Gasteiger partial charge in [-0.15, -0.1) is 0 Å². The minimum absolute atomic E-state index is 0.225. The normalized spacial score (nSPS) is 10.3. The fourth-order valence-corrected chi connectivity index (χ4v) is 2.19. The maximum Gasteiger partial charge on any atom is 0.337 e. The predicted octanol–water partition coefficient (Wildman–Crippen LogP) is 2.38. The Balaban J connectivity index is 2.70. The van der Waals surface area contributed by atoms with Gasteiger partial charge in [-0.25, -0.2) is 9.59 Å². The number of carbonyl (C=O) groups is 3. The molecule has 2 aromatic carbocycles. The summed E-state index contributed by atoms with van der Waals surface area (Å²) in [6.07, 6.45) is 0. The van der Waals surface area contributed by atoms with Crippen molar-refractivity contribution >= 4 is 29.3 Å². The molecule has 0 fully saturated rings. The number of phenolic OH excluding ortho intramolecular Hbond substituents is 2. The molecule has 0 aliphatic carbocycles. The third-order valence-electron chi connectivity index (χ3n) is 3.06. The Morgan fingerprint density at radius 2 is 1.43 bits per heavy atom. The number of aromatic hydroxyl groups is 2. The van der Waals surface area contributed by atoms with E-state index in [9.17, 15) is 29.7 Å². The van der Waals surface area contributed by atoms with Crippen LogP contribution in [0.1, 0.15) is 36.6 Å². The molecule has 2 rings (SSSR count). The Morgan fingerprint density at radius 3 is 2.00 bits per heavy atom. The van der Waals surface area contributed by atoms with Crippen LogP contribution >= 0.6 is 11.6 Å². The molecule has 0 spiro atoms. The lowest BCUT2D eigenvalue weighted by Crippen LogP contribution is -2.15. The highest BCUT2D eigenvalue weighted by molar-refractivity contribution is 6.32. The summed E-state index contributed by atoms with van der Waals surface area (Å²) in [5.74, 6) is -5.13. The first-order chi connectivity index (χ1) is 10.7. The molecule has 0 amide bonds. The average molecular weight is 337 g/mol. The van der Waals surface area contributed by atoms with Crippen LogP contribution in [0, 0.1) is 0 Å². The molecule has 0 atom stereocenters. The molecule has 0 bridgehead atoms. The lowest BCUT2D eigenvalue weighted by Gasteiger charge is -2.10. The van der Waals surface area contributed by atoms with Crippen molar-refractivity contribution < 1.29 is 34.8 Å². The minimum atomic E-state index is -1.60. The molecule has 4 N–H and O–H groups in total. The van der Waals surface area contributed by atoms with Crippen LogP contribution in [0.4, 0.5) is 0 Å². The van der Waals surface area contributed by atoms with Crippen LogP contribution in [-0.4, -0.2) is 38.1 Å². The fraction of sp³-hybridized carbons (Fsp3) is 0. The van der Waals surface area contributed by atoms with Crippen molar-refractivity contribution in [2.45, 2.75) is 0 Å². The van der Waals surface area contributed by atoms with Gasteiger partial charge in [-0.2, -0.15) is 0 Å². The molecule has 118 valence electrons. The van der Waals surface area contributed by atoms with Gasteiger partial charge in [0.1, 0.15) is 11.5 Å². The number of hydrogen-bond donors (Lipinski definition) is 4. The van der Waals surface area contributed by atoms with E-state index in [0.717, 1.165) is 24.3 Å². The first-order valence-electron chi connectivity index (χ1n) is 6.09. The first-order valence-corrected chi connectivity index (χ1v) is 6.47. The van der Waals surface area contributed by atoms with Crippen molar-refractivity contribution in [1.82, 2.24) is 0 Å². The number of ketones is 1. The van der Waals surface area contributed by atoms with Crippen molar-refractivity contribution in [2.75, 3.05) is 0 Å². The Morgan fingerprint density at radius 1 is 0.826 bits per heavy atom. The summed E-state index contributed by atoms with van der Waals surface area (Å²) in [4.78, 5) is 34.9. The monoisotopic (exact) mass is 336 g/mol. The highest BCUT2D eigenvalue weighted by Crippen LogP contribution is 2.33. The lowest BCUT2D eigenvalue weighted by molar-refractivity contribution is 0.0649. The zero-order chi connectivity index (χ0) is 17.3. The highest BCUT2D eigenvalue weighted by atomic mass is 35.5. The third kappa shape index (κ3) is 2.95. The first kappa shape index (κ1) is 16.3. The van der Waals surface area contributed by atoms with Crippen LogP contribution in [0.25, 0.3) is 0 Å². The van der Waals surface area contributed by atoms with E-state index < -0.39 is 45.9 Å². The Kier molecular flexibility index (Phi) is 4.24. The molecule has 0 aliphatic heterocycles. The standard InChI is InChI=1S/C15H9ClO7/c16-9-4-8(10(17)5-11(9)18)13(19)6-2-1-3-7(14(20)21)12(6)15(22)23/h1-5,17-18H,(H,20,21)(H,22,23). The van der Waals surface area contributed by atoms with Gasteiger partial charge in [0.25, 0.3) is 0 Å². The molecular formula is C15H9ClO7. The molecule has 0 saturated carbocycles. The number of hydrogen-bond acceptors (Lipinski definition) is 5. The van der Waals surface area contributed by atoms with Gasteiger partial charge in [-0.1, -0.05) is 23.7 Å². The average Bonchev–Trinajstić information content (AvgIpc) is 2.49. The lowest BCUT2D eigenvalue weighted by atomic mass is 9.94. The van der Waals surface area contributed by atoms with Gasteiger partial charge in [0.15, 0.2) is 5.78 Å². The molecule has 0 radical (unpaired) electrons. The fourth-order valence-electron chi connectivity index (χ4n) is 2.03. The summed E-state index contributed by atoms with van der Waals surface area (Å²) in [6.45, 7) is 0. The molecule has 0 aromatic heterocycles. The topological polar surface area (TPSA) is 132 Å². The zero-order valence-electron chi connectivity index (χ0n) is 11.3. The molecule has 0 aliphatic rings. The van der Waals surface area contributed by atoms with Crippen molar-refractivity contribution in [3.8, 4) is 11.5 Å². The summed E-state index contributed by atoms with van der Waals surface area (Å²) in [6, 6.07) is 5.18. The third-order valence-corrected chi connectivity index (χ3v) is 3.37. The van der Waals surface area contributed by atoms with E-state index in [1.54, 1.807) is 0 Å². The van der Waals surface area contributed by atoms with Crippen molar-refractivity contribution in [2.24, 2.45) is 0 Å². The Labute approximate surface area is 134 Å². The smallest absolute Gasteiger partial charge is 0.337 e. The summed E-state index contributed by atoms with van der Waals surface area (Å²) < 4.78 is 0.